The first kappa shape index (κ1) is 9.01. The number of hydrogen-bond donors (Lipinski definition) is 0. The van der Waals surface area contributed by atoms with Gasteiger partial charge in [0.15, 0.2) is 17.9 Å². The van der Waals surface area contributed by atoms with Gasteiger partial charge < -0.3 is 9.32 Å². The lowest BCUT2D eigenvalue weighted by molar-refractivity contribution is 0.110. The van der Waals surface area contributed by atoms with E-state index in [1.807, 2.05) is 6.07 Å². The molecule has 15 heavy (non-hydrogen) atoms. The summed E-state index contributed by atoms with van der Waals surface area (Å²) in [7, 11) is 0. The molecular weight excluding hydrogens is 190 g/mol. The fourth-order valence-electron chi connectivity index (χ4n) is 2.52. The molecule has 1 atom stereocenters. The maximum atomic E-state index is 10.5. The average Bonchev–Trinajstić information content (AvgIpc) is 2.84. The minimum absolute atomic E-state index is 0.430. The SMILES string of the molecule is O=Cc1ccc(N2CCC(C3CC3)C2)o1. The summed E-state index contributed by atoms with van der Waals surface area (Å²) in [4.78, 5) is 12.8. The predicted molar refractivity (Wildman–Crippen MR) is 57.1 cm³/mol. The largest absolute Gasteiger partial charge is 0.438 e. The Hall–Kier alpha value is -1.25. The van der Waals surface area contributed by atoms with E-state index in [0.717, 1.165) is 37.1 Å². The van der Waals surface area contributed by atoms with Crippen LogP contribution >= 0.6 is 0 Å². The summed E-state index contributed by atoms with van der Waals surface area (Å²) >= 11 is 0. The van der Waals surface area contributed by atoms with Crippen LogP contribution in [0.15, 0.2) is 16.5 Å². The second kappa shape index (κ2) is 3.40. The van der Waals surface area contributed by atoms with Gasteiger partial charge in [-0.2, -0.15) is 0 Å². The molecule has 1 aliphatic heterocycles. The molecule has 1 aliphatic carbocycles. The highest BCUT2D eigenvalue weighted by molar-refractivity contribution is 5.71. The minimum atomic E-state index is 0.430. The van der Waals surface area contributed by atoms with E-state index < -0.39 is 0 Å². The fourth-order valence-corrected chi connectivity index (χ4v) is 2.52. The summed E-state index contributed by atoms with van der Waals surface area (Å²) in [5, 5.41) is 0. The second-order valence-corrected chi connectivity index (χ2v) is 4.63. The van der Waals surface area contributed by atoms with Crippen LogP contribution in [0.3, 0.4) is 0 Å². The van der Waals surface area contributed by atoms with Crippen molar-refractivity contribution in [2.24, 2.45) is 11.8 Å². The highest BCUT2D eigenvalue weighted by atomic mass is 16.4. The third kappa shape index (κ3) is 1.66. The van der Waals surface area contributed by atoms with Crippen LogP contribution in [0.5, 0.6) is 0 Å². The Kier molecular flexibility index (Phi) is 2.04. The zero-order chi connectivity index (χ0) is 10.3. The molecule has 3 heteroatoms. The van der Waals surface area contributed by atoms with Gasteiger partial charge in [0.2, 0.25) is 0 Å². The van der Waals surface area contributed by atoms with E-state index in [0.29, 0.717) is 5.76 Å². The maximum absolute atomic E-state index is 10.5. The molecule has 80 valence electrons. The van der Waals surface area contributed by atoms with Crippen molar-refractivity contribution in [1.29, 1.82) is 0 Å². The molecule has 0 amide bonds. The van der Waals surface area contributed by atoms with Crippen molar-refractivity contribution in [2.75, 3.05) is 18.0 Å². The van der Waals surface area contributed by atoms with Gasteiger partial charge in [-0.1, -0.05) is 0 Å². The van der Waals surface area contributed by atoms with Crippen LogP contribution in [0.1, 0.15) is 29.8 Å². The van der Waals surface area contributed by atoms with Gasteiger partial charge in [0, 0.05) is 19.2 Å². The zero-order valence-corrected chi connectivity index (χ0v) is 8.69. The summed E-state index contributed by atoms with van der Waals surface area (Å²) < 4.78 is 5.42. The molecule has 0 radical (unpaired) electrons. The summed E-state index contributed by atoms with van der Waals surface area (Å²) in [5.41, 5.74) is 0. The maximum Gasteiger partial charge on any atom is 0.196 e. The number of furan rings is 1. The van der Waals surface area contributed by atoms with Gasteiger partial charge in [0.25, 0.3) is 0 Å². The van der Waals surface area contributed by atoms with Gasteiger partial charge in [0.1, 0.15) is 0 Å². The molecule has 1 aromatic rings. The van der Waals surface area contributed by atoms with Gasteiger partial charge in [-0.15, -0.1) is 0 Å². The summed E-state index contributed by atoms with van der Waals surface area (Å²) in [6.45, 7) is 2.18. The normalized spacial score (nSPS) is 25.9. The van der Waals surface area contributed by atoms with Crippen molar-refractivity contribution in [1.82, 2.24) is 0 Å². The van der Waals surface area contributed by atoms with Crippen LogP contribution in [0.25, 0.3) is 0 Å². The Morgan fingerprint density at radius 2 is 2.13 bits per heavy atom. The van der Waals surface area contributed by atoms with Crippen molar-refractivity contribution >= 4 is 12.2 Å². The van der Waals surface area contributed by atoms with Crippen molar-refractivity contribution in [3.63, 3.8) is 0 Å². The topological polar surface area (TPSA) is 33.5 Å². The standard InChI is InChI=1S/C12H15NO2/c14-8-11-3-4-12(15-11)13-6-5-10(7-13)9-1-2-9/h3-4,8-10H,1-2,5-7H2. The molecule has 0 bridgehead atoms. The first-order valence-corrected chi connectivity index (χ1v) is 5.67. The third-order valence-corrected chi connectivity index (χ3v) is 3.55. The molecule has 3 nitrogen and oxygen atoms in total. The van der Waals surface area contributed by atoms with Gasteiger partial charge in [-0.3, -0.25) is 4.79 Å². The second-order valence-electron chi connectivity index (χ2n) is 4.63. The van der Waals surface area contributed by atoms with E-state index in [2.05, 4.69) is 4.90 Å². The number of rotatable bonds is 3. The smallest absolute Gasteiger partial charge is 0.196 e. The summed E-state index contributed by atoms with van der Waals surface area (Å²) in [5.74, 6) is 3.12. The van der Waals surface area contributed by atoms with Gasteiger partial charge in [0.05, 0.1) is 0 Å². The molecule has 3 rings (SSSR count). The Bertz CT molecular complexity index is 367. The van der Waals surface area contributed by atoms with Crippen LogP contribution in [0.2, 0.25) is 0 Å². The van der Waals surface area contributed by atoms with E-state index in [9.17, 15) is 4.79 Å². The molecule has 0 spiro atoms. The van der Waals surface area contributed by atoms with E-state index >= 15 is 0 Å². The molecule has 1 aromatic heterocycles. The van der Waals surface area contributed by atoms with Crippen LogP contribution < -0.4 is 4.90 Å². The highest BCUT2D eigenvalue weighted by Crippen LogP contribution is 2.42. The third-order valence-electron chi connectivity index (χ3n) is 3.55. The van der Waals surface area contributed by atoms with E-state index in [4.69, 9.17) is 4.42 Å². The lowest BCUT2D eigenvalue weighted by atomic mass is 10.0. The molecule has 2 aliphatic rings. The van der Waals surface area contributed by atoms with Crippen molar-refractivity contribution < 1.29 is 9.21 Å². The molecule has 0 N–H and O–H groups in total. The van der Waals surface area contributed by atoms with Crippen LogP contribution in [0.4, 0.5) is 5.88 Å². The summed E-state index contributed by atoms with van der Waals surface area (Å²) in [6.07, 6.45) is 4.87. The average molecular weight is 205 g/mol. The highest BCUT2D eigenvalue weighted by Gasteiger charge is 2.36. The first-order chi connectivity index (χ1) is 7.36. The molecule has 0 aromatic carbocycles. The monoisotopic (exact) mass is 205 g/mol. The Morgan fingerprint density at radius 1 is 1.27 bits per heavy atom. The van der Waals surface area contributed by atoms with Crippen LogP contribution in [-0.4, -0.2) is 19.4 Å². The van der Waals surface area contributed by atoms with Gasteiger partial charge in [-0.05, 0) is 37.2 Å². The lowest BCUT2D eigenvalue weighted by Gasteiger charge is -2.14. The lowest BCUT2D eigenvalue weighted by Crippen LogP contribution is -2.19. The van der Waals surface area contributed by atoms with Crippen molar-refractivity contribution in [3.8, 4) is 0 Å². The number of aldehydes is 1. The van der Waals surface area contributed by atoms with E-state index in [-0.39, 0.29) is 0 Å². The predicted octanol–water partition coefficient (Wildman–Crippen LogP) is 2.33. The number of nitrogens with zero attached hydrogens (tertiary/aromatic N) is 1. The van der Waals surface area contributed by atoms with E-state index in [1.165, 1.54) is 19.3 Å². The van der Waals surface area contributed by atoms with Crippen LogP contribution in [-0.2, 0) is 0 Å². The van der Waals surface area contributed by atoms with Crippen molar-refractivity contribution in [2.45, 2.75) is 19.3 Å². The Balaban J connectivity index is 1.69. The molecule has 1 saturated carbocycles. The minimum Gasteiger partial charge on any atom is -0.438 e. The quantitative estimate of drug-likeness (QED) is 0.710. The molecular formula is C12H15NO2. The first-order valence-electron chi connectivity index (χ1n) is 5.67. The molecule has 1 unspecified atom stereocenters. The number of hydrogen-bond acceptors (Lipinski definition) is 3. The van der Waals surface area contributed by atoms with Crippen LogP contribution in [0, 0.1) is 11.8 Å². The van der Waals surface area contributed by atoms with Crippen molar-refractivity contribution in [3.05, 3.63) is 17.9 Å². The van der Waals surface area contributed by atoms with Gasteiger partial charge in [-0.25, -0.2) is 0 Å². The number of anilines is 1. The molecule has 2 fully saturated rings. The Morgan fingerprint density at radius 3 is 2.80 bits per heavy atom. The summed E-state index contributed by atoms with van der Waals surface area (Å²) in [6, 6.07) is 3.64. The van der Waals surface area contributed by atoms with Gasteiger partial charge >= 0.3 is 0 Å². The number of carbonyl (C=O) groups is 1. The molecule has 2 heterocycles. The number of carbonyl (C=O) groups excluding carboxylic acids is 1. The Labute approximate surface area is 89.1 Å². The molecule has 1 saturated heterocycles. The van der Waals surface area contributed by atoms with E-state index in [1.54, 1.807) is 6.07 Å². The fraction of sp³-hybridized carbons (Fsp3) is 0.583. The zero-order valence-electron chi connectivity index (χ0n) is 8.69.